The quantitative estimate of drug-likeness (QED) is 0.906. The lowest BCUT2D eigenvalue weighted by Gasteiger charge is -2.41. The molecule has 2 nitrogen and oxygen atoms in total. The Morgan fingerprint density at radius 3 is 2.65 bits per heavy atom. The Hall–Kier alpha value is -0.0900. The third kappa shape index (κ3) is 3.68. The van der Waals surface area contributed by atoms with E-state index in [9.17, 15) is 0 Å². The Bertz CT molecular complexity index is 356. The van der Waals surface area contributed by atoms with Gasteiger partial charge in [0, 0.05) is 36.6 Å². The number of rotatable bonds is 4. The van der Waals surface area contributed by atoms with E-state index in [2.05, 4.69) is 30.1 Å². The fourth-order valence-electron chi connectivity index (χ4n) is 2.34. The van der Waals surface area contributed by atoms with Gasteiger partial charge in [-0.2, -0.15) is 0 Å². The van der Waals surface area contributed by atoms with Crippen molar-refractivity contribution in [2.75, 3.05) is 26.2 Å². The van der Waals surface area contributed by atoms with E-state index in [1.165, 1.54) is 11.3 Å². The fourth-order valence-corrected chi connectivity index (χ4v) is 3.43. The topological polar surface area (TPSA) is 15.3 Å². The van der Waals surface area contributed by atoms with Crippen LogP contribution in [0.2, 0.25) is 4.34 Å². The van der Waals surface area contributed by atoms with Crippen LogP contribution in [0.3, 0.4) is 0 Å². The zero-order valence-corrected chi connectivity index (χ0v) is 12.2. The molecule has 0 amide bonds. The van der Waals surface area contributed by atoms with Crippen LogP contribution >= 0.6 is 22.9 Å². The van der Waals surface area contributed by atoms with E-state index < -0.39 is 0 Å². The summed E-state index contributed by atoms with van der Waals surface area (Å²) in [5.41, 5.74) is 0.290. The molecular weight excluding hydrogens is 252 g/mol. The highest BCUT2D eigenvalue weighted by atomic mass is 35.5. The number of piperazine rings is 1. The molecule has 0 bridgehead atoms. The molecule has 17 heavy (non-hydrogen) atoms. The molecule has 0 atom stereocenters. The first-order chi connectivity index (χ1) is 8.08. The van der Waals surface area contributed by atoms with E-state index in [0.29, 0.717) is 5.54 Å². The number of hydrogen-bond donors (Lipinski definition) is 1. The Labute approximate surface area is 113 Å². The number of halogens is 1. The van der Waals surface area contributed by atoms with Gasteiger partial charge in [-0.25, -0.2) is 0 Å². The molecule has 96 valence electrons. The normalized spacial score (nSPS) is 18.5. The molecule has 1 aromatic heterocycles. The molecule has 1 aromatic rings. The number of aryl methyl sites for hydroxylation is 1. The molecule has 0 aliphatic carbocycles. The first-order valence-corrected chi connectivity index (χ1v) is 7.47. The third-order valence-corrected chi connectivity index (χ3v) is 4.88. The van der Waals surface area contributed by atoms with Crippen LogP contribution in [0, 0.1) is 0 Å². The zero-order valence-electron chi connectivity index (χ0n) is 10.6. The van der Waals surface area contributed by atoms with Gasteiger partial charge in [-0.05, 0) is 38.8 Å². The second kappa shape index (κ2) is 5.70. The van der Waals surface area contributed by atoms with Crippen molar-refractivity contribution in [1.29, 1.82) is 0 Å². The monoisotopic (exact) mass is 272 g/mol. The molecular formula is C13H21ClN2S. The van der Waals surface area contributed by atoms with Crippen molar-refractivity contribution in [3.63, 3.8) is 0 Å². The average Bonchev–Trinajstić information content (AvgIpc) is 2.74. The molecule has 0 spiro atoms. The predicted octanol–water partition coefficient (Wildman–Crippen LogP) is 3.02. The molecule has 0 aromatic carbocycles. The van der Waals surface area contributed by atoms with Gasteiger partial charge in [-0.1, -0.05) is 11.6 Å². The van der Waals surface area contributed by atoms with Crippen molar-refractivity contribution < 1.29 is 0 Å². The van der Waals surface area contributed by atoms with E-state index in [4.69, 9.17) is 11.6 Å². The Balaban J connectivity index is 1.87. The lowest BCUT2D eigenvalue weighted by atomic mass is 9.95. The molecule has 2 rings (SSSR count). The number of hydrogen-bond acceptors (Lipinski definition) is 3. The van der Waals surface area contributed by atoms with Gasteiger partial charge < -0.3 is 5.32 Å². The van der Waals surface area contributed by atoms with Crippen molar-refractivity contribution in [1.82, 2.24) is 10.2 Å². The van der Waals surface area contributed by atoms with Gasteiger partial charge in [0.05, 0.1) is 4.34 Å². The Kier molecular flexibility index (Phi) is 4.47. The fraction of sp³-hybridized carbons (Fsp3) is 0.692. The van der Waals surface area contributed by atoms with Gasteiger partial charge in [0.1, 0.15) is 0 Å². The summed E-state index contributed by atoms with van der Waals surface area (Å²) in [4.78, 5) is 4.00. The number of nitrogens with zero attached hydrogens (tertiary/aromatic N) is 1. The minimum absolute atomic E-state index is 0.290. The second-order valence-electron chi connectivity index (χ2n) is 5.26. The molecule has 0 unspecified atom stereocenters. The summed E-state index contributed by atoms with van der Waals surface area (Å²) in [7, 11) is 0. The first kappa shape index (κ1) is 13.3. The number of nitrogens with one attached hydrogen (secondary N) is 1. The van der Waals surface area contributed by atoms with Crippen LogP contribution < -0.4 is 5.32 Å². The lowest BCUT2D eigenvalue weighted by molar-refractivity contribution is 0.0961. The second-order valence-corrected chi connectivity index (χ2v) is 7.05. The summed E-state index contributed by atoms with van der Waals surface area (Å²) >= 11 is 7.67. The maximum atomic E-state index is 5.96. The van der Waals surface area contributed by atoms with Gasteiger partial charge >= 0.3 is 0 Å². The molecule has 1 aliphatic heterocycles. The van der Waals surface area contributed by atoms with Gasteiger partial charge in [-0.15, -0.1) is 11.3 Å². The lowest BCUT2D eigenvalue weighted by Crippen LogP contribution is -2.53. The van der Waals surface area contributed by atoms with E-state index in [1.807, 2.05) is 6.07 Å². The largest absolute Gasteiger partial charge is 0.314 e. The predicted molar refractivity (Wildman–Crippen MR) is 76.2 cm³/mol. The highest BCUT2D eigenvalue weighted by Crippen LogP contribution is 2.26. The van der Waals surface area contributed by atoms with Gasteiger partial charge in [0.25, 0.3) is 0 Å². The SMILES string of the molecule is CC(C)(CCc1ccc(Cl)s1)N1CCNCC1. The van der Waals surface area contributed by atoms with Gasteiger partial charge in [0.15, 0.2) is 0 Å². The highest BCUT2D eigenvalue weighted by molar-refractivity contribution is 7.16. The molecule has 1 saturated heterocycles. The Morgan fingerprint density at radius 1 is 1.35 bits per heavy atom. The maximum Gasteiger partial charge on any atom is 0.0931 e. The van der Waals surface area contributed by atoms with E-state index >= 15 is 0 Å². The van der Waals surface area contributed by atoms with Crippen molar-refractivity contribution >= 4 is 22.9 Å². The minimum atomic E-state index is 0.290. The molecule has 0 saturated carbocycles. The van der Waals surface area contributed by atoms with Crippen LogP contribution in [0.1, 0.15) is 25.1 Å². The van der Waals surface area contributed by atoms with Gasteiger partial charge in [-0.3, -0.25) is 4.90 Å². The van der Waals surface area contributed by atoms with Crippen LogP contribution in [-0.2, 0) is 6.42 Å². The summed E-state index contributed by atoms with van der Waals surface area (Å²) in [5.74, 6) is 0. The van der Waals surface area contributed by atoms with Crippen molar-refractivity contribution in [3.05, 3.63) is 21.3 Å². The Morgan fingerprint density at radius 2 is 2.06 bits per heavy atom. The highest BCUT2D eigenvalue weighted by Gasteiger charge is 2.27. The molecule has 1 aliphatic rings. The zero-order chi connectivity index (χ0) is 12.3. The summed E-state index contributed by atoms with van der Waals surface area (Å²) in [6.07, 6.45) is 2.33. The molecule has 1 fully saturated rings. The summed E-state index contributed by atoms with van der Waals surface area (Å²) in [6.45, 7) is 9.28. The standard InChI is InChI=1S/C13H21ClN2S/c1-13(2,16-9-7-15-8-10-16)6-5-11-3-4-12(14)17-11/h3-4,15H,5-10H2,1-2H3. The van der Waals surface area contributed by atoms with Crippen LogP contribution in [0.15, 0.2) is 12.1 Å². The molecule has 4 heteroatoms. The van der Waals surface area contributed by atoms with E-state index in [-0.39, 0.29) is 0 Å². The molecule has 2 heterocycles. The third-order valence-electron chi connectivity index (χ3n) is 3.59. The summed E-state index contributed by atoms with van der Waals surface area (Å²) < 4.78 is 0.903. The van der Waals surface area contributed by atoms with Crippen LogP contribution in [0.4, 0.5) is 0 Å². The van der Waals surface area contributed by atoms with Gasteiger partial charge in [0.2, 0.25) is 0 Å². The van der Waals surface area contributed by atoms with Crippen LogP contribution in [0.5, 0.6) is 0 Å². The minimum Gasteiger partial charge on any atom is -0.314 e. The average molecular weight is 273 g/mol. The molecule has 0 radical (unpaired) electrons. The van der Waals surface area contributed by atoms with Crippen molar-refractivity contribution in [2.24, 2.45) is 0 Å². The van der Waals surface area contributed by atoms with Crippen molar-refractivity contribution in [2.45, 2.75) is 32.2 Å². The first-order valence-electron chi connectivity index (χ1n) is 6.28. The number of thiophene rings is 1. The van der Waals surface area contributed by atoms with Crippen molar-refractivity contribution in [3.8, 4) is 0 Å². The van der Waals surface area contributed by atoms with Crippen LogP contribution in [0.25, 0.3) is 0 Å². The summed E-state index contributed by atoms with van der Waals surface area (Å²) in [5, 5.41) is 3.41. The van der Waals surface area contributed by atoms with Crippen LogP contribution in [-0.4, -0.2) is 36.6 Å². The van der Waals surface area contributed by atoms with E-state index in [1.54, 1.807) is 11.3 Å². The smallest absolute Gasteiger partial charge is 0.0931 e. The maximum absolute atomic E-state index is 5.96. The molecule has 1 N–H and O–H groups in total. The summed E-state index contributed by atoms with van der Waals surface area (Å²) in [6, 6.07) is 4.15. The van der Waals surface area contributed by atoms with E-state index in [0.717, 1.165) is 36.9 Å².